The Morgan fingerprint density at radius 3 is 2.84 bits per heavy atom. The summed E-state index contributed by atoms with van der Waals surface area (Å²) in [7, 11) is 1.68. The topological polar surface area (TPSA) is 65.0 Å². The highest BCUT2D eigenvalue weighted by atomic mass is 16.5. The zero-order valence-corrected chi connectivity index (χ0v) is 18.0. The van der Waals surface area contributed by atoms with E-state index >= 15 is 0 Å². The number of rotatable bonds is 5. The number of imidazole rings is 1. The molecule has 1 fully saturated rings. The summed E-state index contributed by atoms with van der Waals surface area (Å²) in [6, 6.07) is 14.3. The maximum Gasteiger partial charge on any atom is 0.138 e. The summed E-state index contributed by atoms with van der Waals surface area (Å²) in [4.78, 5) is 7.15. The van der Waals surface area contributed by atoms with Crippen molar-refractivity contribution in [2.45, 2.75) is 26.5 Å². The molecule has 0 saturated carbocycles. The molecule has 0 aliphatic carbocycles. The van der Waals surface area contributed by atoms with Gasteiger partial charge in [0.25, 0.3) is 0 Å². The van der Waals surface area contributed by atoms with E-state index in [1.807, 2.05) is 38.4 Å². The summed E-state index contributed by atoms with van der Waals surface area (Å²) in [6.45, 7) is 7.09. The molecule has 1 aliphatic rings. The Kier molecular flexibility index (Phi) is 5.21. The summed E-state index contributed by atoms with van der Waals surface area (Å²) in [5, 5.41) is 4.08. The zero-order chi connectivity index (χ0) is 21.4. The summed E-state index contributed by atoms with van der Waals surface area (Å²) in [6.07, 6.45) is 1.80. The molecule has 5 rings (SSSR count). The van der Waals surface area contributed by atoms with Crippen molar-refractivity contribution in [1.82, 2.24) is 19.4 Å². The monoisotopic (exact) mass is 418 g/mol. The highest BCUT2D eigenvalue weighted by Gasteiger charge is 2.27. The predicted octanol–water partition coefficient (Wildman–Crippen LogP) is 4.19. The number of aryl methyl sites for hydroxylation is 2. The first-order valence-electron chi connectivity index (χ1n) is 10.5. The number of methoxy groups -OCH3 is 1. The maximum absolute atomic E-state index is 6.15. The van der Waals surface area contributed by atoms with Crippen molar-refractivity contribution in [3.63, 3.8) is 0 Å². The van der Waals surface area contributed by atoms with Crippen molar-refractivity contribution in [2.75, 3.05) is 26.8 Å². The Bertz CT molecular complexity index is 1190. The quantitative estimate of drug-likeness (QED) is 0.484. The Labute approximate surface area is 181 Å². The normalized spacial score (nSPS) is 17.3. The van der Waals surface area contributed by atoms with Gasteiger partial charge in [-0.1, -0.05) is 23.4 Å². The highest BCUT2D eigenvalue weighted by Crippen LogP contribution is 2.30. The first-order valence-corrected chi connectivity index (χ1v) is 10.5. The van der Waals surface area contributed by atoms with Crippen LogP contribution in [0.2, 0.25) is 0 Å². The lowest BCUT2D eigenvalue weighted by Crippen LogP contribution is -2.38. The van der Waals surface area contributed by atoms with Crippen molar-refractivity contribution < 1.29 is 14.0 Å². The number of hydrogen-bond donors (Lipinski definition) is 0. The molecule has 31 heavy (non-hydrogen) atoms. The Morgan fingerprint density at radius 1 is 1.16 bits per heavy atom. The van der Waals surface area contributed by atoms with Gasteiger partial charge < -0.3 is 14.0 Å². The summed E-state index contributed by atoms with van der Waals surface area (Å²) in [5.74, 6) is 1.72. The number of pyridine rings is 1. The van der Waals surface area contributed by atoms with Crippen LogP contribution in [0.1, 0.15) is 28.8 Å². The largest absolute Gasteiger partial charge is 0.497 e. The van der Waals surface area contributed by atoms with Gasteiger partial charge in [-0.05, 0) is 38.1 Å². The van der Waals surface area contributed by atoms with Crippen LogP contribution in [0.4, 0.5) is 0 Å². The highest BCUT2D eigenvalue weighted by molar-refractivity contribution is 5.67. The Hall–Kier alpha value is -3.16. The number of aromatic nitrogens is 3. The third-order valence-electron chi connectivity index (χ3n) is 5.99. The molecule has 0 unspecified atom stereocenters. The van der Waals surface area contributed by atoms with E-state index in [4.69, 9.17) is 19.0 Å². The minimum absolute atomic E-state index is 0.0835. The summed E-state index contributed by atoms with van der Waals surface area (Å²) in [5.41, 5.74) is 6.29. The van der Waals surface area contributed by atoms with Crippen molar-refractivity contribution in [3.8, 4) is 17.0 Å². The van der Waals surface area contributed by atoms with E-state index in [9.17, 15) is 0 Å². The van der Waals surface area contributed by atoms with Gasteiger partial charge in [0.15, 0.2) is 0 Å². The molecule has 1 atom stereocenters. The number of morpholine rings is 1. The van der Waals surface area contributed by atoms with E-state index in [2.05, 4.69) is 38.7 Å². The SMILES string of the molecule is COc1cccc(-c2cccc3c([C@@H]4CN(Cc5c(C)noc5C)CCO4)ncn23)c1. The molecular weight excluding hydrogens is 392 g/mol. The molecule has 0 amide bonds. The van der Waals surface area contributed by atoms with Crippen LogP contribution in [0.3, 0.4) is 0 Å². The third-order valence-corrected chi connectivity index (χ3v) is 5.99. The molecule has 1 saturated heterocycles. The molecule has 7 heteroatoms. The predicted molar refractivity (Wildman–Crippen MR) is 117 cm³/mol. The van der Waals surface area contributed by atoms with Crippen LogP contribution < -0.4 is 4.74 Å². The van der Waals surface area contributed by atoms with E-state index in [0.29, 0.717) is 6.61 Å². The fourth-order valence-electron chi connectivity index (χ4n) is 4.27. The van der Waals surface area contributed by atoms with Crippen molar-refractivity contribution in [2.24, 2.45) is 0 Å². The summed E-state index contributed by atoms with van der Waals surface area (Å²) >= 11 is 0. The number of nitrogens with zero attached hydrogens (tertiary/aromatic N) is 4. The number of ether oxygens (including phenoxy) is 2. The lowest BCUT2D eigenvalue weighted by molar-refractivity contribution is -0.0342. The minimum Gasteiger partial charge on any atom is -0.497 e. The lowest BCUT2D eigenvalue weighted by Gasteiger charge is -2.32. The van der Waals surface area contributed by atoms with Crippen LogP contribution in [0, 0.1) is 13.8 Å². The van der Waals surface area contributed by atoms with Crippen LogP contribution in [0.5, 0.6) is 5.75 Å². The third kappa shape index (κ3) is 3.71. The average molecular weight is 418 g/mol. The number of hydrogen-bond acceptors (Lipinski definition) is 6. The smallest absolute Gasteiger partial charge is 0.138 e. The Morgan fingerprint density at radius 2 is 2.03 bits per heavy atom. The molecule has 3 aromatic heterocycles. The van der Waals surface area contributed by atoms with E-state index in [1.165, 1.54) is 0 Å². The van der Waals surface area contributed by atoms with Gasteiger partial charge >= 0.3 is 0 Å². The molecular formula is C24H26N4O3. The van der Waals surface area contributed by atoms with Crippen molar-refractivity contribution >= 4 is 5.52 Å². The molecule has 4 aromatic rings. The van der Waals surface area contributed by atoms with Crippen molar-refractivity contribution in [1.29, 1.82) is 0 Å². The van der Waals surface area contributed by atoms with E-state index in [0.717, 1.165) is 64.9 Å². The van der Waals surface area contributed by atoms with Gasteiger partial charge in [-0.15, -0.1) is 0 Å². The van der Waals surface area contributed by atoms with Gasteiger partial charge in [-0.3, -0.25) is 9.30 Å². The van der Waals surface area contributed by atoms with Gasteiger partial charge in [0.2, 0.25) is 0 Å². The molecule has 160 valence electrons. The van der Waals surface area contributed by atoms with Gasteiger partial charge in [-0.2, -0.15) is 0 Å². The van der Waals surface area contributed by atoms with E-state index < -0.39 is 0 Å². The zero-order valence-electron chi connectivity index (χ0n) is 18.0. The van der Waals surface area contributed by atoms with Crippen LogP contribution in [0.15, 0.2) is 53.3 Å². The average Bonchev–Trinajstić information content (AvgIpc) is 3.38. The number of benzene rings is 1. The van der Waals surface area contributed by atoms with Gasteiger partial charge in [0.1, 0.15) is 23.9 Å². The standard InChI is InChI=1S/C24H26N4O3/c1-16-20(17(2)31-26-16)13-27-10-11-30-23(14-27)24-22-9-5-8-21(28(22)15-25-24)18-6-4-7-19(12-18)29-3/h4-9,12,15,23H,10-11,13-14H2,1-3H3/t23-/m0/s1. The fraction of sp³-hybridized carbons (Fsp3) is 0.333. The number of fused-ring (bicyclic) bond motifs is 1. The van der Waals surface area contributed by atoms with Crippen LogP contribution in [-0.2, 0) is 11.3 Å². The molecule has 1 aliphatic heterocycles. The molecule has 4 heterocycles. The molecule has 1 aromatic carbocycles. The second kappa shape index (κ2) is 8.17. The molecule has 0 radical (unpaired) electrons. The maximum atomic E-state index is 6.15. The first kappa shape index (κ1) is 19.8. The van der Waals surface area contributed by atoms with Crippen LogP contribution in [0.25, 0.3) is 16.8 Å². The van der Waals surface area contributed by atoms with Crippen LogP contribution >= 0.6 is 0 Å². The first-order chi connectivity index (χ1) is 15.1. The van der Waals surface area contributed by atoms with Gasteiger partial charge in [0, 0.05) is 30.8 Å². The van der Waals surface area contributed by atoms with E-state index in [1.54, 1.807) is 7.11 Å². The second-order valence-electron chi connectivity index (χ2n) is 7.93. The molecule has 7 nitrogen and oxygen atoms in total. The minimum atomic E-state index is -0.0835. The summed E-state index contributed by atoms with van der Waals surface area (Å²) < 4.78 is 19.0. The second-order valence-corrected chi connectivity index (χ2v) is 7.93. The van der Waals surface area contributed by atoms with Gasteiger partial charge in [-0.25, -0.2) is 4.98 Å². The molecule has 0 bridgehead atoms. The fourth-order valence-corrected chi connectivity index (χ4v) is 4.27. The molecule has 0 N–H and O–H groups in total. The molecule has 0 spiro atoms. The lowest BCUT2D eigenvalue weighted by atomic mass is 10.1. The van der Waals surface area contributed by atoms with Crippen LogP contribution in [-0.4, -0.2) is 46.2 Å². The van der Waals surface area contributed by atoms with Gasteiger partial charge in [0.05, 0.1) is 36.3 Å². The van der Waals surface area contributed by atoms with E-state index in [-0.39, 0.29) is 6.10 Å². The van der Waals surface area contributed by atoms with Crippen molar-refractivity contribution in [3.05, 3.63) is 71.5 Å². The Balaban J connectivity index is 1.44.